The number of nitriles is 1. The summed E-state index contributed by atoms with van der Waals surface area (Å²) >= 11 is 6.30. The van der Waals surface area contributed by atoms with E-state index in [1.165, 1.54) is 0 Å². The number of hydrogen-bond donors (Lipinski definition) is 3. The molecule has 3 amide bonds. The van der Waals surface area contributed by atoms with E-state index >= 15 is 0 Å². The normalized spacial score (nSPS) is 15.7. The third-order valence-electron chi connectivity index (χ3n) is 5.81. The highest BCUT2D eigenvalue weighted by atomic mass is 35.5. The lowest BCUT2D eigenvalue weighted by atomic mass is 9.97. The van der Waals surface area contributed by atoms with Crippen LogP contribution in [-0.2, 0) is 14.4 Å². The van der Waals surface area contributed by atoms with E-state index in [1.807, 2.05) is 6.07 Å². The van der Waals surface area contributed by atoms with Gasteiger partial charge in [-0.2, -0.15) is 31.6 Å². The maximum absolute atomic E-state index is 13.0. The first-order chi connectivity index (χ1) is 19.0. The van der Waals surface area contributed by atoms with Gasteiger partial charge in [0.2, 0.25) is 17.7 Å². The molecule has 0 aliphatic carbocycles. The van der Waals surface area contributed by atoms with Crippen molar-refractivity contribution < 1.29 is 40.7 Å². The van der Waals surface area contributed by atoms with Gasteiger partial charge in [0, 0.05) is 30.9 Å². The van der Waals surface area contributed by atoms with Gasteiger partial charge in [0.25, 0.3) is 0 Å². The number of carbonyl (C=O) groups is 3. The maximum atomic E-state index is 13.0. The lowest BCUT2D eigenvalue weighted by Crippen LogP contribution is -2.50. The summed E-state index contributed by atoms with van der Waals surface area (Å²) in [6.07, 6.45) is -11.8. The molecule has 0 aromatic heterocycles. The summed E-state index contributed by atoms with van der Waals surface area (Å²) in [6.45, 7) is 0.961. The summed E-state index contributed by atoms with van der Waals surface area (Å²) in [7, 11) is 0. The molecule has 1 aliphatic heterocycles. The van der Waals surface area contributed by atoms with E-state index in [0.717, 1.165) is 6.92 Å². The van der Waals surface area contributed by atoms with E-state index in [9.17, 15) is 46.0 Å². The number of benzene rings is 2. The highest BCUT2D eigenvalue weighted by molar-refractivity contribution is 6.34. The zero-order chi connectivity index (χ0) is 31.0. The van der Waals surface area contributed by atoms with Crippen LogP contribution in [0.15, 0.2) is 42.5 Å². The van der Waals surface area contributed by atoms with Crippen LogP contribution in [0.4, 0.5) is 43.4 Å². The molecule has 0 saturated carbocycles. The quantitative estimate of drug-likeness (QED) is 0.355. The Hall–Kier alpha value is -3.99. The summed E-state index contributed by atoms with van der Waals surface area (Å²) in [5, 5.41) is 14.6. The van der Waals surface area contributed by atoms with Gasteiger partial charge in [-0.25, -0.2) is 0 Å². The highest BCUT2D eigenvalue weighted by Gasteiger charge is 2.35. The van der Waals surface area contributed by atoms with E-state index in [0.29, 0.717) is 16.9 Å². The van der Waals surface area contributed by atoms with E-state index in [-0.39, 0.29) is 17.3 Å². The number of primary amides is 1. The molecule has 4 N–H and O–H groups in total. The summed E-state index contributed by atoms with van der Waals surface area (Å²) in [5.74, 6) is -3.87. The summed E-state index contributed by atoms with van der Waals surface area (Å²) < 4.78 is 70.5. The van der Waals surface area contributed by atoms with Crippen LogP contribution >= 0.6 is 11.6 Å². The van der Waals surface area contributed by atoms with Crippen LogP contribution in [0.5, 0.6) is 0 Å². The standard InChI is InChI=1S/C23H21ClF3N5O3.C3H5F3/c24-16-5-2-6-18-20(16)31-22(35)17(12-32(18)15-4-1-3-13(9-15)11-28)30-21(34)14(10-19(29)33)7-8-23(25,26)27;1-2-3(4,5)6/h1-6,9,14,17H,7-8,10,12H2,(H2,29,33)(H,30,34)(H,31,35);2H2,1H3. The van der Waals surface area contributed by atoms with Gasteiger partial charge in [0.15, 0.2) is 0 Å². The Labute approximate surface area is 236 Å². The van der Waals surface area contributed by atoms with Crippen LogP contribution in [0.3, 0.4) is 0 Å². The Morgan fingerprint density at radius 2 is 1.80 bits per heavy atom. The lowest BCUT2D eigenvalue weighted by molar-refractivity contribution is -0.143. The minimum Gasteiger partial charge on any atom is -0.370 e. The van der Waals surface area contributed by atoms with Crippen LogP contribution in [0, 0.1) is 17.2 Å². The zero-order valence-electron chi connectivity index (χ0n) is 21.6. The molecule has 0 bridgehead atoms. The van der Waals surface area contributed by atoms with Crippen molar-refractivity contribution in [3.8, 4) is 6.07 Å². The Balaban J connectivity index is 0.000000883. The molecule has 0 fully saturated rings. The molecule has 0 saturated heterocycles. The molecule has 2 atom stereocenters. The summed E-state index contributed by atoms with van der Waals surface area (Å²) in [4.78, 5) is 38.9. The van der Waals surface area contributed by atoms with Crippen molar-refractivity contribution in [1.29, 1.82) is 5.26 Å². The number of amides is 3. The Kier molecular flexibility index (Phi) is 11.4. The van der Waals surface area contributed by atoms with Gasteiger partial charge < -0.3 is 21.3 Å². The number of para-hydroxylation sites is 1. The fraction of sp³-hybridized carbons (Fsp3) is 0.385. The number of halogens is 7. The predicted molar refractivity (Wildman–Crippen MR) is 139 cm³/mol. The smallest absolute Gasteiger partial charge is 0.370 e. The molecule has 2 unspecified atom stereocenters. The Morgan fingerprint density at radius 3 is 2.37 bits per heavy atom. The van der Waals surface area contributed by atoms with Gasteiger partial charge in [-0.05, 0) is 36.8 Å². The van der Waals surface area contributed by atoms with Crippen molar-refractivity contribution in [3.05, 3.63) is 53.1 Å². The summed E-state index contributed by atoms with van der Waals surface area (Å²) in [5.41, 5.74) is 6.76. The van der Waals surface area contributed by atoms with E-state index < -0.39 is 67.7 Å². The molecule has 222 valence electrons. The number of carbonyl (C=O) groups excluding carboxylic acids is 3. The maximum Gasteiger partial charge on any atom is 0.389 e. The van der Waals surface area contributed by atoms with Crippen LogP contribution in [-0.4, -0.2) is 42.7 Å². The fourth-order valence-electron chi connectivity index (χ4n) is 3.73. The van der Waals surface area contributed by atoms with E-state index in [4.69, 9.17) is 17.3 Å². The second-order valence-corrected chi connectivity index (χ2v) is 9.35. The van der Waals surface area contributed by atoms with E-state index in [2.05, 4.69) is 10.6 Å². The van der Waals surface area contributed by atoms with Crippen molar-refractivity contribution in [2.24, 2.45) is 11.7 Å². The summed E-state index contributed by atoms with van der Waals surface area (Å²) in [6, 6.07) is 12.2. The van der Waals surface area contributed by atoms with Gasteiger partial charge in [-0.1, -0.05) is 30.7 Å². The molecule has 41 heavy (non-hydrogen) atoms. The molecule has 0 radical (unpaired) electrons. The van der Waals surface area contributed by atoms with Gasteiger partial charge in [-0.3, -0.25) is 14.4 Å². The third-order valence-corrected chi connectivity index (χ3v) is 6.13. The first-order valence-corrected chi connectivity index (χ1v) is 12.5. The Bertz CT molecular complexity index is 1300. The van der Waals surface area contributed by atoms with E-state index in [1.54, 1.807) is 47.4 Å². The molecular formula is C26H26ClF6N5O3. The topological polar surface area (TPSA) is 128 Å². The fourth-order valence-corrected chi connectivity index (χ4v) is 3.95. The monoisotopic (exact) mass is 605 g/mol. The molecule has 2 aromatic rings. The van der Waals surface area contributed by atoms with Gasteiger partial charge in [-0.15, -0.1) is 0 Å². The molecule has 1 heterocycles. The third kappa shape index (κ3) is 10.5. The predicted octanol–water partition coefficient (Wildman–Crippen LogP) is 5.58. The van der Waals surface area contributed by atoms with Gasteiger partial charge in [0.1, 0.15) is 6.04 Å². The van der Waals surface area contributed by atoms with Crippen LogP contribution in [0.25, 0.3) is 0 Å². The second kappa shape index (κ2) is 14.1. The van der Waals surface area contributed by atoms with Crippen molar-refractivity contribution in [3.63, 3.8) is 0 Å². The molecule has 15 heteroatoms. The minimum atomic E-state index is -4.53. The molecule has 2 aromatic carbocycles. The van der Waals surface area contributed by atoms with Crippen molar-refractivity contribution in [2.75, 3.05) is 16.8 Å². The number of nitrogens with zero attached hydrogens (tertiary/aromatic N) is 2. The average molecular weight is 606 g/mol. The SMILES string of the molecule is CCC(F)(F)F.N#Cc1cccc(N2CC(NC(=O)C(CCC(F)(F)F)CC(N)=O)C(=O)Nc3c(Cl)cccc32)c1. The number of nitrogens with one attached hydrogen (secondary N) is 2. The van der Waals surface area contributed by atoms with Crippen LogP contribution in [0.1, 0.15) is 38.2 Å². The minimum absolute atomic E-state index is 0.123. The number of alkyl halides is 6. The first kappa shape index (κ1) is 33.2. The molecule has 3 rings (SSSR count). The number of hydrogen-bond acceptors (Lipinski definition) is 5. The van der Waals surface area contributed by atoms with Crippen LogP contribution < -0.4 is 21.3 Å². The van der Waals surface area contributed by atoms with Crippen molar-refractivity contribution in [2.45, 2.75) is 51.0 Å². The molecular weight excluding hydrogens is 580 g/mol. The zero-order valence-corrected chi connectivity index (χ0v) is 22.3. The molecule has 1 aliphatic rings. The van der Waals surface area contributed by atoms with Gasteiger partial charge >= 0.3 is 12.4 Å². The van der Waals surface area contributed by atoms with Crippen LogP contribution in [0.2, 0.25) is 5.02 Å². The number of anilines is 3. The lowest BCUT2D eigenvalue weighted by Gasteiger charge is -2.28. The molecule has 0 spiro atoms. The number of nitrogens with two attached hydrogens (primary N) is 1. The largest absolute Gasteiger partial charge is 0.389 e. The molecule has 8 nitrogen and oxygen atoms in total. The highest BCUT2D eigenvalue weighted by Crippen LogP contribution is 2.39. The second-order valence-electron chi connectivity index (χ2n) is 8.95. The van der Waals surface area contributed by atoms with Gasteiger partial charge in [0.05, 0.1) is 34.6 Å². The number of rotatable bonds is 7. The number of fused-ring (bicyclic) bond motifs is 1. The Morgan fingerprint density at radius 1 is 1.17 bits per heavy atom. The average Bonchev–Trinajstić information content (AvgIpc) is 3.03. The van der Waals surface area contributed by atoms with Crippen molar-refractivity contribution in [1.82, 2.24) is 5.32 Å². The van der Waals surface area contributed by atoms with Crippen molar-refractivity contribution >= 4 is 46.4 Å². The first-order valence-electron chi connectivity index (χ1n) is 12.1.